The van der Waals surface area contributed by atoms with Gasteiger partial charge in [0.2, 0.25) is 5.91 Å². The van der Waals surface area contributed by atoms with Crippen LogP contribution in [0.5, 0.6) is 0 Å². The van der Waals surface area contributed by atoms with Crippen LogP contribution in [0.4, 0.5) is 10.5 Å². The Labute approximate surface area is 167 Å². The number of urea groups is 1. The van der Waals surface area contributed by atoms with E-state index in [0.717, 1.165) is 37.1 Å². The number of nitrogens with zero attached hydrogens (tertiary/aromatic N) is 1. The van der Waals surface area contributed by atoms with E-state index in [9.17, 15) is 9.59 Å². The molecule has 1 saturated heterocycles. The molecule has 0 aromatic heterocycles. The number of amides is 3. The molecule has 0 bridgehead atoms. The zero-order valence-corrected chi connectivity index (χ0v) is 16.5. The van der Waals surface area contributed by atoms with Crippen molar-refractivity contribution in [1.82, 2.24) is 10.2 Å². The molecule has 0 saturated carbocycles. The molecule has 148 valence electrons. The van der Waals surface area contributed by atoms with Gasteiger partial charge in [0.25, 0.3) is 0 Å². The number of hydrogen-bond donors (Lipinski definition) is 2. The number of para-hydroxylation sites is 1. The Morgan fingerprint density at radius 1 is 1.11 bits per heavy atom. The Balaban J connectivity index is 1.40. The molecule has 0 spiro atoms. The van der Waals surface area contributed by atoms with E-state index in [2.05, 4.69) is 16.7 Å². The van der Waals surface area contributed by atoms with Gasteiger partial charge in [-0.2, -0.15) is 0 Å². The number of carbonyl (C=O) groups excluding carboxylic acids is 2. The molecule has 0 unspecified atom stereocenters. The third-order valence-corrected chi connectivity index (χ3v) is 5.18. The van der Waals surface area contributed by atoms with Gasteiger partial charge in [-0.1, -0.05) is 48.0 Å². The molecule has 2 aromatic carbocycles. The van der Waals surface area contributed by atoms with Gasteiger partial charge in [-0.15, -0.1) is 0 Å². The fraction of sp³-hybridized carbons (Fsp3) is 0.391. The van der Waals surface area contributed by atoms with Crippen LogP contribution in [0.1, 0.15) is 36.8 Å². The van der Waals surface area contributed by atoms with Crippen molar-refractivity contribution in [3.63, 3.8) is 0 Å². The number of anilines is 1. The number of hydrogen-bond acceptors (Lipinski definition) is 2. The SMILES string of the molecule is Cc1cccc(CNC(=O)CC[C@H]2CCCN(C(=O)Nc3ccccc3)C2)c1. The van der Waals surface area contributed by atoms with Gasteiger partial charge >= 0.3 is 6.03 Å². The summed E-state index contributed by atoms with van der Waals surface area (Å²) in [6.07, 6.45) is 3.37. The lowest BCUT2D eigenvalue weighted by Gasteiger charge is -2.32. The number of carbonyl (C=O) groups is 2. The van der Waals surface area contributed by atoms with Crippen LogP contribution in [0.15, 0.2) is 54.6 Å². The lowest BCUT2D eigenvalue weighted by molar-refractivity contribution is -0.121. The Hall–Kier alpha value is -2.82. The van der Waals surface area contributed by atoms with Crippen molar-refractivity contribution < 1.29 is 9.59 Å². The zero-order valence-electron chi connectivity index (χ0n) is 16.5. The summed E-state index contributed by atoms with van der Waals surface area (Å²) in [6.45, 7) is 4.10. The van der Waals surface area contributed by atoms with Crippen molar-refractivity contribution in [2.75, 3.05) is 18.4 Å². The van der Waals surface area contributed by atoms with Crippen molar-refractivity contribution in [2.45, 2.75) is 39.2 Å². The van der Waals surface area contributed by atoms with E-state index >= 15 is 0 Å². The third kappa shape index (κ3) is 6.12. The van der Waals surface area contributed by atoms with E-state index in [1.54, 1.807) is 0 Å². The van der Waals surface area contributed by atoms with Crippen LogP contribution in [0, 0.1) is 12.8 Å². The van der Waals surface area contributed by atoms with Crippen molar-refractivity contribution in [3.05, 3.63) is 65.7 Å². The van der Waals surface area contributed by atoms with Gasteiger partial charge in [-0.05, 0) is 49.8 Å². The quantitative estimate of drug-likeness (QED) is 0.784. The molecular weight excluding hydrogens is 350 g/mol. The minimum atomic E-state index is -0.0557. The van der Waals surface area contributed by atoms with Gasteiger partial charge < -0.3 is 15.5 Å². The molecule has 2 aromatic rings. The zero-order chi connectivity index (χ0) is 19.8. The number of rotatable bonds is 6. The maximum absolute atomic E-state index is 12.5. The van der Waals surface area contributed by atoms with Crippen LogP contribution in [0.25, 0.3) is 0 Å². The number of nitrogens with one attached hydrogen (secondary N) is 2. The van der Waals surface area contributed by atoms with Crippen molar-refractivity contribution in [2.24, 2.45) is 5.92 Å². The summed E-state index contributed by atoms with van der Waals surface area (Å²) >= 11 is 0. The summed E-state index contributed by atoms with van der Waals surface area (Å²) in [4.78, 5) is 26.5. The van der Waals surface area contributed by atoms with E-state index in [1.807, 2.05) is 60.4 Å². The predicted octanol–water partition coefficient (Wildman–Crippen LogP) is 4.34. The van der Waals surface area contributed by atoms with Gasteiger partial charge in [0, 0.05) is 31.7 Å². The standard InChI is InChI=1S/C23H29N3O2/c1-18-7-5-8-20(15-18)16-24-22(27)13-12-19-9-6-14-26(17-19)23(28)25-21-10-3-2-4-11-21/h2-5,7-8,10-11,15,19H,6,9,12-14,16-17H2,1H3,(H,24,27)(H,25,28)/t19-/m1/s1. The summed E-state index contributed by atoms with van der Waals surface area (Å²) < 4.78 is 0. The summed E-state index contributed by atoms with van der Waals surface area (Å²) in [5.74, 6) is 0.451. The molecule has 28 heavy (non-hydrogen) atoms. The second kappa shape index (κ2) is 9.93. The van der Waals surface area contributed by atoms with Gasteiger partial charge in [-0.25, -0.2) is 4.79 Å². The van der Waals surface area contributed by atoms with Gasteiger partial charge in [0.1, 0.15) is 0 Å². The van der Waals surface area contributed by atoms with Crippen LogP contribution >= 0.6 is 0 Å². The highest BCUT2D eigenvalue weighted by atomic mass is 16.2. The van der Waals surface area contributed by atoms with E-state index in [4.69, 9.17) is 0 Å². The largest absolute Gasteiger partial charge is 0.352 e. The molecule has 1 atom stereocenters. The average Bonchev–Trinajstić information content (AvgIpc) is 2.72. The Morgan fingerprint density at radius 2 is 1.93 bits per heavy atom. The van der Waals surface area contributed by atoms with Crippen LogP contribution in [0.2, 0.25) is 0 Å². The second-order valence-corrected chi connectivity index (χ2v) is 7.55. The predicted molar refractivity (Wildman–Crippen MR) is 112 cm³/mol. The Kier molecular flexibility index (Phi) is 7.06. The smallest absolute Gasteiger partial charge is 0.321 e. The minimum absolute atomic E-state index is 0.0557. The van der Waals surface area contributed by atoms with Gasteiger partial charge in [0.15, 0.2) is 0 Å². The fourth-order valence-corrected chi connectivity index (χ4v) is 3.66. The highest BCUT2D eigenvalue weighted by Crippen LogP contribution is 2.22. The van der Waals surface area contributed by atoms with Crippen molar-refractivity contribution in [1.29, 1.82) is 0 Å². The number of benzene rings is 2. The molecule has 1 heterocycles. The Morgan fingerprint density at radius 3 is 2.71 bits per heavy atom. The fourth-order valence-electron chi connectivity index (χ4n) is 3.66. The van der Waals surface area contributed by atoms with Crippen molar-refractivity contribution in [3.8, 4) is 0 Å². The topological polar surface area (TPSA) is 61.4 Å². The first-order chi connectivity index (χ1) is 13.6. The van der Waals surface area contributed by atoms with Crippen LogP contribution < -0.4 is 10.6 Å². The summed E-state index contributed by atoms with van der Waals surface area (Å²) in [5.41, 5.74) is 3.13. The first-order valence-electron chi connectivity index (χ1n) is 10.0. The first-order valence-corrected chi connectivity index (χ1v) is 10.0. The third-order valence-electron chi connectivity index (χ3n) is 5.18. The number of likely N-dealkylation sites (tertiary alicyclic amines) is 1. The molecule has 5 heteroatoms. The van der Waals surface area contributed by atoms with Gasteiger partial charge in [-0.3, -0.25) is 4.79 Å². The highest BCUT2D eigenvalue weighted by molar-refractivity contribution is 5.89. The number of aryl methyl sites for hydroxylation is 1. The lowest BCUT2D eigenvalue weighted by Crippen LogP contribution is -2.42. The highest BCUT2D eigenvalue weighted by Gasteiger charge is 2.24. The summed E-state index contributed by atoms with van der Waals surface area (Å²) in [5, 5.41) is 5.95. The molecule has 3 rings (SSSR count). The molecule has 1 fully saturated rings. The Bertz CT molecular complexity index is 791. The maximum Gasteiger partial charge on any atom is 0.321 e. The molecular formula is C23H29N3O2. The molecule has 3 amide bonds. The van der Waals surface area contributed by atoms with Crippen LogP contribution in [0.3, 0.4) is 0 Å². The van der Waals surface area contributed by atoms with E-state index in [1.165, 1.54) is 5.56 Å². The average molecular weight is 380 g/mol. The van der Waals surface area contributed by atoms with Gasteiger partial charge in [0.05, 0.1) is 0 Å². The lowest BCUT2D eigenvalue weighted by atomic mass is 9.93. The molecule has 0 radical (unpaired) electrons. The normalized spacial score (nSPS) is 16.5. The maximum atomic E-state index is 12.5. The molecule has 5 nitrogen and oxygen atoms in total. The second-order valence-electron chi connectivity index (χ2n) is 7.55. The van der Waals surface area contributed by atoms with Crippen LogP contribution in [-0.4, -0.2) is 29.9 Å². The first kappa shape index (κ1) is 19.9. The molecule has 0 aliphatic carbocycles. The van der Waals surface area contributed by atoms with E-state index in [0.29, 0.717) is 25.4 Å². The van der Waals surface area contributed by atoms with Crippen LogP contribution in [-0.2, 0) is 11.3 Å². The summed E-state index contributed by atoms with van der Waals surface area (Å²) in [7, 11) is 0. The molecule has 1 aliphatic rings. The minimum Gasteiger partial charge on any atom is -0.352 e. The molecule has 1 aliphatic heterocycles. The molecule has 2 N–H and O–H groups in total. The van der Waals surface area contributed by atoms with E-state index in [-0.39, 0.29) is 11.9 Å². The summed E-state index contributed by atoms with van der Waals surface area (Å²) in [6, 6.07) is 17.6. The van der Waals surface area contributed by atoms with Crippen molar-refractivity contribution >= 4 is 17.6 Å². The number of piperidine rings is 1. The monoisotopic (exact) mass is 379 g/mol. The van der Waals surface area contributed by atoms with E-state index < -0.39 is 0 Å².